The lowest BCUT2D eigenvalue weighted by Gasteiger charge is -2.31. The van der Waals surface area contributed by atoms with Gasteiger partial charge in [0.1, 0.15) is 5.82 Å². The highest BCUT2D eigenvalue weighted by Crippen LogP contribution is 2.38. The van der Waals surface area contributed by atoms with Gasteiger partial charge in [-0.3, -0.25) is 4.79 Å². The van der Waals surface area contributed by atoms with E-state index in [-0.39, 0.29) is 28.8 Å². The Labute approximate surface area is 159 Å². The van der Waals surface area contributed by atoms with Gasteiger partial charge in [-0.25, -0.2) is 12.8 Å². The SMILES string of the molecule is Cc1ccc(S(=O)(=O)CCC(=O)NC2(c3ccc(F)cc3)CCCC2)cc1. The first kappa shape index (κ1) is 19.5. The van der Waals surface area contributed by atoms with E-state index >= 15 is 0 Å². The molecule has 0 radical (unpaired) electrons. The first-order chi connectivity index (χ1) is 12.8. The van der Waals surface area contributed by atoms with Crippen LogP contribution in [0.1, 0.15) is 43.2 Å². The molecule has 144 valence electrons. The first-order valence-electron chi connectivity index (χ1n) is 9.17. The van der Waals surface area contributed by atoms with E-state index in [1.54, 1.807) is 36.4 Å². The fourth-order valence-electron chi connectivity index (χ4n) is 3.65. The van der Waals surface area contributed by atoms with Gasteiger partial charge in [0, 0.05) is 6.42 Å². The maximum atomic E-state index is 13.2. The zero-order chi connectivity index (χ0) is 19.5. The van der Waals surface area contributed by atoms with E-state index in [0.29, 0.717) is 0 Å². The summed E-state index contributed by atoms with van der Waals surface area (Å²) in [5, 5.41) is 3.04. The molecule has 0 saturated heterocycles. The molecule has 27 heavy (non-hydrogen) atoms. The minimum Gasteiger partial charge on any atom is -0.347 e. The van der Waals surface area contributed by atoms with Crippen LogP contribution in [0.4, 0.5) is 4.39 Å². The van der Waals surface area contributed by atoms with Crippen molar-refractivity contribution < 1.29 is 17.6 Å². The van der Waals surface area contributed by atoms with Crippen molar-refractivity contribution in [3.05, 3.63) is 65.5 Å². The van der Waals surface area contributed by atoms with Crippen LogP contribution in [0.25, 0.3) is 0 Å². The molecule has 6 heteroatoms. The van der Waals surface area contributed by atoms with Gasteiger partial charge >= 0.3 is 0 Å². The molecule has 1 amide bonds. The molecule has 0 aliphatic heterocycles. The third-order valence-electron chi connectivity index (χ3n) is 5.21. The van der Waals surface area contributed by atoms with Crippen molar-refractivity contribution in [1.82, 2.24) is 5.32 Å². The minimum atomic E-state index is -3.51. The molecular formula is C21H24FNO3S. The van der Waals surface area contributed by atoms with Crippen LogP contribution in [0.5, 0.6) is 0 Å². The molecule has 0 atom stereocenters. The lowest BCUT2D eigenvalue weighted by atomic mass is 9.88. The Morgan fingerprint density at radius 2 is 1.63 bits per heavy atom. The summed E-state index contributed by atoms with van der Waals surface area (Å²) >= 11 is 0. The highest BCUT2D eigenvalue weighted by Gasteiger charge is 2.37. The number of carbonyl (C=O) groups excluding carboxylic acids is 1. The van der Waals surface area contributed by atoms with E-state index in [1.165, 1.54) is 12.1 Å². The van der Waals surface area contributed by atoms with Crippen molar-refractivity contribution in [2.45, 2.75) is 49.5 Å². The monoisotopic (exact) mass is 389 g/mol. The van der Waals surface area contributed by atoms with Gasteiger partial charge in [0.2, 0.25) is 5.91 Å². The third-order valence-corrected chi connectivity index (χ3v) is 6.94. The quantitative estimate of drug-likeness (QED) is 0.815. The summed E-state index contributed by atoms with van der Waals surface area (Å²) in [6.07, 6.45) is 3.39. The molecule has 0 bridgehead atoms. The summed E-state index contributed by atoms with van der Waals surface area (Å²) in [4.78, 5) is 12.8. The summed E-state index contributed by atoms with van der Waals surface area (Å²) in [6, 6.07) is 12.8. The third kappa shape index (κ3) is 4.56. The second-order valence-corrected chi connectivity index (χ2v) is 9.34. The lowest BCUT2D eigenvalue weighted by molar-refractivity contribution is -0.122. The number of nitrogens with one attached hydrogen (secondary N) is 1. The number of benzene rings is 2. The Morgan fingerprint density at radius 1 is 1.04 bits per heavy atom. The summed E-state index contributed by atoms with van der Waals surface area (Å²) in [7, 11) is -3.51. The van der Waals surface area contributed by atoms with Crippen molar-refractivity contribution in [1.29, 1.82) is 0 Å². The standard InChI is InChI=1S/C21H24FNO3S/c1-16-4-10-19(11-5-16)27(25,26)15-12-20(24)23-21(13-2-3-14-21)17-6-8-18(22)9-7-17/h4-11H,2-3,12-15H2,1H3,(H,23,24). The van der Waals surface area contributed by atoms with Crippen LogP contribution in [0.3, 0.4) is 0 Å². The van der Waals surface area contributed by atoms with Crippen molar-refractivity contribution in [3.8, 4) is 0 Å². The number of hydrogen-bond donors (Lipinski definition) is 1. The Kier molecular flexibility index (Phi) is 5.65. The van der Waals surface area contributed by atoms with Gasteiger partial charge in [-0.05, 0) is 49.6 Å². The topological polar surface area (TPSA) is 63.2 Å². The van der Waals surface area contributed by atoms with Gasteiger partial charge in [-0.15, -0.1) is 0 Å². The maximum Gasteiger partial charge on any atom is 0.221 e. The molecule has 2 aromatic rings. The number of halogens is 1. The zero-order valence-corrected chi connectivity index (χ0v) is 16.2. The van der Waals surface area contributed by atoms with Crippen LogP contribution in [-0.2, 0) is 20.2 Å². The minimum absolute atomic E-state index is 0.0981. The second kappa shape index (κ2) is 7.80. The van der Waals surface area contributed by atoms with Crippen LogP contribution in [-0.4, -0.2) is 20.1 Å². The van der Waals surface area contributed by atoms with Gasteiger partial charge < -0.3 is 5.32 Å². The number of aryl methyl sites for hydroxylation is 1. The summed E-state index contributed by atoms with van der Waals surface area (Å²) < 4.78 is 38.1. The van der Waals surface area contributed by atoms with Crippen molar-refractivity contribution in [2.75, 3.05) is 5.75 Å². The molecule has 0 spiro atoms. The van der Waals surface area contributed by atoms with Crippen LogP contribution in [0.15, 0.2) is 53.4 Å². The van der Waals surface area contributed by atoms with E-state index in [9.17, 15) is 17.6 Å². The fraction of sp³-hybridized carbons (Fsp3) is 0.381. The number of carbonyl (C=O) groups is 1. The molecule has 1 aliphatic rings. The van der Waals surface area contributed by atoms with E-state index in [2.05, 4.69) is 5.32 Å². The smallest absolute Gasteiger partial charge is 0.221 e. The van der Waals surface area contributed by atoms with E-state index in [0.717, 1.165) is 36.8 Å². The van der Waals surface area contributed by atoms with Gasteiger partial charge in [0.05, 0.1) is 16.2 Å². The number of rotatable bonds is 6. The highest BCUT2D eigenvalue weighted by atomic mass is 32.2. The molecule has 0 heterocycles. The molecule has 2 aromatic carbocycles. The molecular weight excluding hydrogens is 365 g/mol. The van der Waals surface area contributed by atoms with Gasteiger partial charge in [0.25, 0.3) is 0 Å². The van der Waals surface area contributed by atoms with Crippen LogP contribution >= 0.6 is 0 Å². The van der Waals surface area contributed by atoms with Crippen LogP contribution in [0.2, 0.25) is 0 Å². The molecule has 0 unspecified atom stereocenters. The summed E-state index contributed by atoms with van der Waals surface area (Å²) in [5.74, 6) is -0.846. The largest absolute Gasteiger partial charge is 0.347 e. The number of hydrogen-bond acceptors (Lipinski definition) is 3. The fourth-order valence-corrected chi connectivity index (χ4v) is 4.89. The van der Waals surface area contributed by atoms with E-state index in [4.69, 9.17) is 0 Å². The molecule has 1 aliphatic carbocycles. The Morgan fingerprint density at radius 3 is 2.22 bits per heavy atom. The van der Waals surface area contributed by atoms with Gasteiger partial charge in [0.15, 0.2) is 9.84 Å². The molecule has 3 rings (SSSR count). The molecule has 1 fully saturated rings. The van der Waals surface area contributed by atoms with Crippen molar-refractivity contribution >= 4 is 15.7 Å². The first-order valence-corrected chi connectivity index (χ1v) is 10.8. The Hall–Kier alpha value is -2.21. The lowest BCUT2D eigenvalue weighted by Crippen LogP contribution is -2.44. The zero-order valence-electron chi connectivity index (χ0n) is 15.4. The van der Waals surface area contributed by atoms with Gasteiger partial charge in [-0.2, -0.15) is 0 Å². The molecule has 1 N–H and O–H groups in total. The second-order valence-electron chi connectivity index (χ2n) is 7.23. The molecule has 0 aromatic heterocycles. The van der Waals surface area contributed by atoms with Crippen LogP contribution in [0, 0.1) is 12.7 Å². The predicted octanol–water partition coefficient (Wildman–Crippen LogP) is 3.88. The maximum absolute atomic E-state index is 13.2. The number of amides is 1. The molecule has 4 nitrogen and oxygen atoms in total. The van der Waals surface area contributed by atoms with Crippen LogP contribution < -0.4 is 5.32 Å². The summed E-state index contributed by atoms with van der Waals surface area (Å²) in [6.45, 7) is 1.89. The van der Waals surface area contributed by atoms with E-state index < -0.39 is 15.4 Å². The molecule has 1 saturated carbocycles. The number of sulfone groups is 1. The Balaban J connectivity index is 1.68. The highest BCUT2D eigenvalue weighted by molar-refractivity contribution is 7.91. The Bertz CT molecular complexity index is 899. The van der Waals surface area contributed by atoms with Crippen molar-refractivity contribution in [2.24, 2.45) is 0 Å². The summed E-state index contributed by atoms with van der Waals surface area (Å²) in [5.41, 5.74) is 1.32. The predicted molar refractivity (Wildman–Crippen MR) is 103 cm³/mol. The average molecular weight is 389 g/mol. The van der Waals surface area contributed by atoms with E-state index in [1.807, 2.05) is 6.92 Å². The van der Waals surface area contributed by atoms with Gasteiger partial charge in [-0.1, -0.05) is 42.7 Å². The normalized spacial score (nSPS) is 16.2. The average Bonchev–Trinajstić information content (AvgIpc) is 3.10. The van der Waals surface area contributed by atoms with Crippen molar-refractivity contribution in [3.63, 3.8) is 0 Å².